The monoisotopic (exact) mass is 592 g/mol. The maximum Gasteiger partial charge on any atom is 0.357 e. The molecule has 34 heavy (non-hydrogen) atoms. The van der Waals surface area contributed by atoms with E-state index in [4.69, 9.17) is 4.74 Å². The lowest BCUT2D eigenvalue weighted by atomic mass is 9.87. The molecule has 1 fully saturated rings. The summed E-state index contributed by atoms with van der Waals surface area (Å²) in [6.45, 7) is 0.380. The molecule has 0 atom stereocenters. The van der Waals surface area contributed by atoms with Crippen molar-refractivity contribution in [2.24, 2.45) is 5.92 Å². The molecule has 3 aromatic rings. The maximum absolute atomic E-state index is 11.8. The van der Waals surface area contributed by atoms with Crippen LogP contribution < -0.4 is 21.2 Å². The van der Waals surface area contributed by atoms with E-state index in [0.29, 0.717) is 12.5 Å². The second kappa shape index (κ2) is 13.6. The molecule has 0 amide bonds. The Morgan fingerprint density at radius 3 is 1.85 bits per heavy atom. The van der Waals surface area contributed by atoms with Crippen molar-refractivity contribution in [2.45, 2.75) is 43.4 Å². The first-order chi connectivity index (χ1) is 16.4. The van der Waals surface area contributed by atoms with E-state index in [1.807, 2.05) is 0 Å². The van der Waals surface area contributed by atoms with Gasteiger partial charge >= 0.3 is 27.2 Å². The smallest absolute Gasteiger partial charge is 0.357 e. The largest absolute Gasteiger partial charge is 0.744 e. The fourth-order valence-electron chi connectivity index (χ4n) is 3.72. The number of benzene rings is 3. The number of esters is 1. The van der Waals surface area contributed by atoms with Crippen molar-refractivity contribution in [1.82, 2.24) is 0 Å². The second-order valence-corrected chi connectivity index (χ2v) is 12.5. The number of hydrogen-bond acceptors (Lipinski definition) is 5. The van der Waals surface area contributed by atoms with Crippen LogP contribution in [-0.4, -0.2) is 25.5 Å². The highest BCUT2D eigenvalue weighted by molar-refractivity contribution is 7.85. The Morgan fingerprint density at radius 1 is 0.824 bits per heavy atom. The van der Waals surface area contributed by atoms with Crippen molar-refractivity contribution in [3.05, 3.63) is 97.6 Å². The summed E-state index contributed by atoms with van der Waals surface area (Å²) in [6, 6.07) is 26.3. The summed E-state index contributed by atoms with van der Waals surface area (Å²) in [5.74, 6) is 0.153. The molecule has 1 saturated carbocycles. The van der Waals surface area contributed by atoms with Crippen LogP contribution in [0.5, 0.6) is 0 Å². The Bertz CT molecular complexity index is 1070. The van der Waals surface area contributed by atoms with Gasteiger partial charge in [0.25, 0.3) is 0 Å². The Hall–Kier alpha value is -2.23. The summed E-state index contributed by atoms with van der Waals surface area (Å²) in [4.78, 5) is 11.5. The minimum atomic E-state index is -4.48. The molecule has 7 heteroatoms. The molecule has 3 aromatic carbocycles. The number of hydrogen-bond donors (Lipinski definition) is 0. The summed E-state index contributed by atoms with van der Waals surface area (Å²) in [5.41, 5.74) is 0.256. The predicted octanol–water partition coefficient (Wildman–Crippen LogP) is 2.53. The van der Waals surface area contributed by atoms with Gasteiger partial charge in [-0.05, 0) is 60.9 Å². The minimum absolute atomic E-state index is 0.0287. The highest BCUT2D eigenvalue weighted by Crippen LogP contribution is 2.26. The van der Waals surface area contributed by atoms with Gasteiger partial charge in [-0.2, -0.15) is 0 Å². The zero-order valence-corrected chi connectivity index (χ0v) is 21.9. The van der Waals surface area contributed by atoms with Crippen LogP contribution in [0.1, 0.15) is 48.9 Å². The van der Waals surface area contributed by atoms with Gasteiger partial charge in [-0.1, -0.05) is 68.5 Å². The SMILES string of the molecule is O=C(OCCC1CCCCC1)c1ccc(S(=O)(=O)[O-])cc1.c1ccc([I+]c2ccccc2)cc1. The Labute approximate surface area is 212 Å². The summed E-state index contributed by atoms with van der Waals surface area (Å²) >= 11 is 0.0287. The third-order valence-electron chi connectivity index (χ3n) is 5.55. The Balaban J connectivity index is 0.000000212. The molecule has 0 heterocycles. The molecule has 0 bridgehead atoms. The lowest BCUT2D eigenvalue weighted by Crippen LogP contribution is -3.61. The van der Waals surface area contributed by atoms with E-state index < -0.39 is 16.1 Å². The van der Waals surface area contributed by atoms with E-state index in [2.05, 4.69) is 60.7 Å². The molecule has 5 nitrogen and oxygen atoms in total. The van der Waals surface area contributed by atoms with Crippen molar-refractivity contribution in [3.63, 3.8) is 0 Å². The average Bonchev–Trinajstić information content (AvgIpc) is 2.86. The number of carbonyl (C=O) groups is 1. The molecule has 0 N–H and O–H groups in total. The number of carbonyl (C=O) groups excluding carboxylic acids is 1. The number of ether oxygens (including phenoxy) is 1. The van der Waals surface area contributed by atoms with Crippen LogP contribution in [0.4, 0.5) is 0 Å². The molecule has 0 saturated heterocycles. The zero-order valence-electron chi connectivity index (χ0n) is 18.9. The third-order valence-corrected chi connectivity index (χ3v) is 9.08. The lowest BCUT2D eigenvalue weighted by molar-refractivity contribution is -0.597. The molecule has 1 aliphatic rings. The average molecular weight is 592 g/mol. The van der Waals surface area contributed by atoms with Gasteiger partial charge in [0, 0.05) is 0 Å². The molecule has 180 valence electrons. The van der Waals surface area contributed by atoms with Gasteiger partial charge in [-0.15, -0.1) is 0 Å². The molecule has 0 spiro atoms. The van der Waals surface area contributed by atoms with Gasteiger partial charge in [0.1, 0.15) is 10.1 Å². The van der Waals surface area contributed by atoms with Crippen molar-refractivity contribution in [1.29, 1.82) is 0 Å². The first kappa shape index (κ1) is 26.4. The molecule has 0 unspecified atom stereocenters. The standard InChI is InChI=1S/C15H20O5S.C12H10I/c16-15(20-11-10-12-4-2-1-3-5-12)13-6-8-14(9-7-13)21(17,18)19;1-3-7-11(8-4-1)13-12-9-5-2-6-10-12/h6-9,12H,1-5,10-11H2,(H,17,18,19);1-10H/q;+1/p-1. The fourth-order valence-corrected chi connectivity index (χ4v) is 6.45. The topological polar surface area (TPSA) is 83.5 Å². The number of rotatable bonds is 7. The van der Waals surface area contributed by atoms with Crippen molar-refractivity contribution in [2.75, 3.05) is 6.61 Å². The van der Waals surface area contributed by atoms with Gasteiger partial charge < -0.3 is 9.29 Å². The van der Waals surface area contributed by atoms with Crippen LogP contribution in [0.3, 0.4) is 0 Å². The minimum Gasteiger partial charge on any atom is -0.744 e. The van der Waals surface area contributed by atoms with Crippen LogP contribution in [0.25, 0.3) is 0 Å². The van der Waals surface area contributed by atoms with Crippen molar-refractivity contribution < 1.29 is 43.7 Å². The van der Waals surface area contributed by atoms with E-state index in [1.165, 1.54) is 51.4 Å². The third kappa shape index (κ3) is 9.19. The van der Waals surface area contributed by atoms with E-state index in [9.17, 15) is 17.8 Å². The summed E-state index contributed by atoms with van der Waals surface area (Å²) < 4.78 is 40.5. The van der Waals surface area contributed by atoms with Crippen LogP contribution in [0, 0.1) is 13.1 Å². The van der Waals surface area contributed by atoms with Gasteiger partial charge in [0.15, 0.2) is 7.14 Å². The van der Waals surface area contributed by atoms with Crippen LogP contribution >= 0.6 is 0 Å². The van der Waals surface area contributed by atoms with Crippen molar-refractivity contribution >= 4 is 16.1 Å². The summed E-state index contributed by atoms with van der Waals surface area (Å²) in [6.07, 6.45) is 7.08. The van der Waals surface area contributed by atoms with Crippen molar-refractivity contribution in [3.8, 4) is 0 Å². The normalized spacial score (nSPS) is 14.0. The van der Waals surface area contributed by atoms with E-state index in [-0.39, 0.29) is 31.7 Å². The number of halogens is 1. The molecule has 1 aliphatic carbocycles. The Kier molecular flexibility index (Phi) is 10.6. The molecule has 0 radical (unpaired) electrons. The van der Waals surface area contributed by atoms with Crippen LogP contribution in [0.2, 0.25) is 0 Å². The second-order valence-electron chi connectivity index (χ2n) is 8.09. The van der Waals surface area contributed by atoms with Crippen LogP contribution in [0.15, 0.2) is 89.8 Å². The molecule has 4 rings (SSSR count). The van der Waals surface area contributed by atoms with Gasteiger partial charge in [-0.3, -0.25) is 0 Å². The highest BCUT2D eigenvalue weighted by atomic mass is 127. The first-order valence-electron chi connectivity index (χ1n) is 11.4. The zero-order chi connectivity index (χ0) is 24.2. The molecule has 0 aromatic heterocycles. The van der Waals surface area contributed by atoms with E-state index in [1.54, 1.807) is 0 Å². The first-order valence-corrected chi connectivity index (χ1v) is 15.0. The summed E-state index contributed by atoms with van der Waals surface area (Å²) in [7, 11) is -4.48. The molecular formula is C27H29IO5S. The fraction of sp³-hybridized carbons (Fsp3) is 0.296. The van der Waals surface area contributed by atoms with Crippen LogP contribution in [-0.2, 0) is 14.9 Å². The van der Waals surface area contributed by atoms with E-state index >= 15 is 0 Å². The van der Waals surface area contributed by atoms with Gasteiger partial charge in [-0.25, -0.2) is 13.2 Å². The van der Waals surface area contributed by atoms with Gasteiger partial charge in [0.05, 0.1) is 17.1 Å². The van der Waals surface area contributed by atoms with Gasteiger partial charge in [0.2, 0.25) is 0 Å². The summed E-state index contributed by atoms with van der Waals surface area (Å²) in [5, 5.41) is 0. The molecule has 0 aliphatic heterocycles. The predicted molar refractivity (Wildman–Crippen MR) is 126 cm³/mol. The highest BCUT2D eigenvalue weighted by Gasteiger charge is 2.15. The molecular weight excluding hydrogens is 563 g/mol. The quantitative estimate of drug-likeness (QED) is 0.239. The van der Waals surface area contributed by atoms with E-state index in [0.717, 1.165) is 18.6 Å². The Morgan fingerprint density at radius 2 is 1.35 bits per heavy atom. The maximum atomic E-state index is 11.8. The lowest BCUT2D eigenvalue weighted by Gasteiger charge is -2.21.